The van der Waals surface area contributed by atoms with Gasteiger partial charge in [0.2, 0.25) is 0 Å². The van der Waals surface area contributed by atoms with Gasteiger partial charge >= 0.3 is 0 Å². The summed E-state index contributed by atoms with van der Waals surface area (Å²) in [5.41, 5.74) is 2.63. The average Bonchev–Trinajstić information content (AvgIpc) is 2.04. The fourth-order valence-electron chi connectivity index (χ4n) is 1.15. The first-order chi connectivity index (χ1) is 5.61. The fourth-order valence-corrected chi connectivity index (χ4v) is 1.31. The lowest BCUT2D eigenvalue weighted by molar-refractivity contribution is 0.864. The van der Waals surface area contributed by atoms with Gasteiger partial charge in [0.05, 0.1) is 0 Å². The minimum Gasteiger partial charge on any atom is -0.0856 e. The molecule has 1 rings (SSSR count). The molecule has 0 amide bonds. The second-order valence-electron chi connectivity index (χ2n) is 3.46. The highest BCUT2D eigenvalue weighted by atomic mass is 32.1. The molecule has 1 aromatic rings. The molecule has 0 saturated heterocycles. The van der Waals surface area contributed by atoms with E-state index in [-0.39, 0.29) is 5.25 Å². The molecular weight excluding hydrogens is 164 g/mol. The van der Waals surface area contributed by atoms with E-state index in [0.717, 1.165) is 0 Å². The Kier molecular flexibility index (Phi) is 3.21. The van der Waals surface area contributed by atoms with Gasteiger partial charge in [-0.1, -0.05) is 50.7 Å². The van der Waals surface area contributed by atoms with E-state index in [1.165, 1.54) is 11.1 Å². The molecule has 1 unspecified atom stereocenters. The average molecular weight is 179 g/mol. The second kappa shape index (κ2) is 3.99. The Labute approximate surface area is 80.4 Å². The number of benzene rings is 1. The Balaban J connectivity index is 2.86. The molecule has 0 aliphatic rings. The standard InChI is InChI=1S/C11H15S/c1-8(2)10-4-6-11(7-5-10)9(3)12/h4-9H,1-3H3. The van der Waals surface area contributed by atoms with E-state index in [0.29, 0.717) is 5.92 Å². The van der Waals surface area contributed by atoms with Crippen molar-refractivity contribution in [2.45, 2.75) is 31.9 Å². The van der Waals surface area contributed by atoms with Gasteiger partial charge in [-0.2, -0.15) is 0 Å². The van der Waals surface area contributed by atoms with Crippen LogP contribution in [0.4, 0.5) is 0 Å². The molecule has 0 bridgehead atoms. The van der Waals surface area contributed by atoms with Crippen molar-refractivity contribution in [3.8, 4) is 0 Å². The predicted molar refractivity (Wildman–Crippen MR) is 56.5 cm³/mol. The van der Waals surface area contributed by atoms with Gasteiger partial charge in [0, 0.05) is 5.25 Å². The molecule has 0 saturated carbocycles. The monoisotopic (exact) mass is 179 g/mol. The van der Waals surface area contributed by atoms with Gasteiger partial charge in [-0.05, 0) is 24.0 Å². The molecule has 0 aliphatic heterocycles. The Hall–Kier alpha value is -0.430. The lowest BCUT2D eigenvalue weighted by Gasteiger charge is -2.07. The normalized spacial score (nSPS) is 13.4. The van der Waals surface area contributed by atoms with Gasteiger partial charge < -0.3 is 0 Å². The summed E-state index contributed by atoms with van der Waals surface area (Å²) in [7, 11) is 0. The number of hydrogen-bond donors (Lipinski definition) is 0. The van der Waals surface area contributed by atoms with Gasteiger partial charge in [-0.3, -0.25) is 0 Å². The van der Waals surface area contributed by atoms with Crippen LogP contribution >= 0.6 is 12.6 Å². The van der Waals surface area contributed by atoms with Crippen LogP contribution in [-0.2, 0) is 0 Å². The van der Waals surface area contributed by atoms with Crippen LogP contribution in [0.3, 0.4) is 0 Å². The van der Waals surface area contributed by atoms with Gasteiger partial charge in [-0.15, -0.1) is 0 Å². The van der Waals surface area contributed by atoms with Gasteiger partial charge in [0.1, 0.15) is 0 Å². The maximum atomic E-state index is 5.15. The SMILES string of the molecule is CC(C)c1ccc(C(C)[S])cc1. The van der Waals surface area contributed by atoms with Gasteiger partial charge in [0.15, 0.2) is 0 Å². The minimum atomic E-state index is 0.228. The molecule has 65 valence electrons. The summed E-state index contributed by atoms with van der Waals surface area (Å²) < 4.78 is 0. The maximum absolute atomic E-state index is 5.15. The van der Waals surface area contributed by atoms with E-state index in [2.05, 4.69) is 38.1 Å². The third kappa shape index (κ3) is 2.28. The minimum absolute atomic E-state index is 0.228. The van der Waals surface area contributed by atoms with Crippen molar-refractivity contribution in [2.24, 2.45) is 0 Å². The van der Waals surface area contributed by atoms with Gasteiger partial charge in [0.25, 0.3) is 0 Å². The molecule has 1 atom stereocenters. The van der Waals surface area contributed by atoms with E-state index >= 15 is 0 Å². The van der Waals surface area contributed by atoms with Crippen molar-refractivity contribution in [2.75, 3.05) is 0 Å². The Morgan fingerprint density at radius 2 is 1.33 bits per heavy atom. The van der Waals surface area contributed by atoms with Crippen molar-refractivity contribution >= 4 is 12.6 Å². The van der Waals surface area contributed by atoms with E-state index < -0.39 is 0 Å². The molecule has 0 nitrogen and oxygen atoms in total. The molecule has 1 radical (unpaired) electrons. The van der Waals surface area contributed by atoms with E-state index in [1.54, 1.807) is 0 Å². The molecule has 0 heterocycles. The molecule has 1 heteroatoms. The van der Waals surface area contributed by atoms with Crippen LogP contribution in [0.1, 0.15) is 43.1 Å². The second-order valence-corrected chi connectivity index (χ2v) is 4.17. The van der Waals surface area contributed by atoms with Crippen LogP contribution in [0.2, 0.25) is 0 Å². The fraction of sp³-hybridized carbons (Fsp3) is 0.455. The molecule has 1 aromatic carbocycles. The highest BCUT2D eigenvalue weighted by Gasteiger charge is 2.01. The smallest absolute Gasteiger partial charge is 0.0373 e. The highest BCUT2D eigenvalue weighted by Crippen LogP contribution is 2.21. The zero-order valence-electron chi connectivity index (χ0n) is 7.87. The largest absolute Gasteiger partial charge is 0.0856 e. The molecule has 0 aromatic heterocycles. The molecule has 0 spiro atoms. The van der Waals surface area contributed by atoms with E-state index in [9.17, 15) is 0 Å². The molecular formula is C11H15S. The van der Waals surface area contributed by atoms with Crippen LogP contribution in [0.25, 0.3) is 0 Å². The zero-order chi connectivity index (χ0) is 9.14. The maximum Gasteiger partial charge on any atom is 0.0373 e. The predicted octanol–water partition coefficient (Wildman–Crippen LogP) is 4.07. The Morgan fingerprint density at radius 1 is 0.917 bits per heavy atom. The van der Waals surface area contributed by atoms with Crippen LogP contribution < -0.4 is 0 Å². The Bertz CT molecular complexity index is 207. The Morgan fingerprint density at radius 3 is 1.67 bits per heavy atom. The van der Waals surface area contributed by atoms with Crippen molar-refractivity contribution in [1.29, 1.82) is 0 Å². The van der Waals surface area contributed by atoms with Crippen molar-refractivity contribution in [3.05, 3.63) is 35.4 Å². The van der Waals surface area contributed by atoms with Crippen LogP contribution in [0.5, 0.6) is 0 Å². The first-order valence-corrected chi connectivity index (χ1v) is 4.84. The first-order valence-electron chi connectivity index (χ1n) is 4.37. The first kappa shape index (κ1) is 9.66. The quantitative estimate of drug-likeness (QED) is 0.642. The topological polar surface area (TPSA) is 0 Å². The summed E-state index contributed by atoms with van der Waals surface area (Å²) in [6, 6.07) is 8.60. The van der Waals surface area contributed by atoms with Crippen molar-refractivity contribution in [3.63, 3.8) is 0 Å². The lowest BCUT2D eigenvalue weighted by Crippen LogP contribution is -1.89. The summed E-state index contributed by atoms with van der Waals surface area (Å²) >= 11 is 5.15. The molecule has 0 aliphatic carbocycles. The van der Waals surface area contributed by atoms with Gasteiger partial charge in [-0.25, -0.2) is 0 Å². The van der Waals surface area contributed by atoms with Crippen molar-refractivity contribution in [1.82, 2.24) is 0 Å². The molecule has 12 heavy (non-hydrogen) atoms. The van der Waals surface area contributed by atoms with E-state index in [1.807, 2.05) is 6.92 Å². The summed E-state index contributed by atoms with van der Waals surface area (Å²) in [5, 5.41) is 0.228. The highest BCUT2D eigenvalue weighted by molar-refractivity contribution is 7.80. The van der Waals surface area contributed by atoms with Crippen molar-refractivity contribution < 1.29 is 0 Å². The summed E-state index contributed by atoms with van der Waals surface area (Å²) in [6.07, 6.45) is 0. The van der Waals surface area contributed by atoms with E-state index in [4.69, 9.17) is 12.6 Å². The third-order valence-corrected chi connectivity index (χ3v) is 2.34. The summed E-state index contributed by atoms with van der Waals surface area (Å²) in [6.45, 7) is 6.44. The zero-order valence-corrected chi connectivity index (χ0v) is 8.69. The number of hydrogen-bond acceptors (Lipinski definition) is 0. The van der Waals surface area contributed by atoms with Crippen LogP contribution in [-0.4, -0.2) is 0 Å². The summed E-state index contributed by atoms with van der Waals surface area (Å²) in [5.74, 6) is 0.611. The summed E-state index contributed by atoms with van der Waals surface area (Å²) in [4.78, 5) is 0. The molecule has 0 N–H and O–H groups in total. The van der Waals surface area contributed by atoms with Crippen LogP contribution in [0, 0.1) is 0 Å². The third-order valence-electron chi connectivity index (χ3n) is 2.07. The van der Waals surface area contributed by atoms with Crippen LogP contribution in [0.15, 0.2) is 24.3 Å². The lowest BCUT2D eigenvalue weighted by atomic mass is 10.0. The number of rotatable bonds is 2. The molecule has 0 fully saturated rings.